The molecular weight excluding hydrogens is 406 g/mol. The van der Waals surface area contributed by atoms with E-state index in [0.717, 1.165) is 26.7 Å². The predicted octanol–water partition coefficient (Wildman–Crippen LogP) is 0.797. The fourth-order valence-electron chi connectivity index (χ4n) is 2.27. The molecule has 0 saturated carbocycles. The van der Waals surface area contributed by atoms with E-state index in [9.17, 15) is 23.1 Å². The Labute approximate surface area is 163 Å². The summed E-state index contributed by atoms with van der Waals surface area (Å²) in [4.78, 5) is 31.8. The smallest absolute Gasteiger partial charge is 0.333 e. The highest BCUT2D eigenvalue weighted by Gasteiger charge is 2.15. The molecule has 2 aromatic heterocycles. The summed E-state index contributed by atoms with van der Waals surface area (Å²) in [6.07, 6.45) is 2.61. The Balaban J connectivity index is 1.88. The molecule has 12 heteroatoms. The molecule has 2 N–H and O–H groups in total. The molecule has 3 rings (SSSR count). The normalized spacial score (nSPS) is 11.8. The average Bonchev–Trinajstić information content (AvgIpc) is 3.17. The molecule has 28 heavy (non-hydrogen) atoms. The van der Waals surface area contributed by atoms with Crippen molar-refractivity contribution in [3.8, 4) is 5.88 Å². The molecule has 0 fully saturated rings. The summed E-state index contributed by atoms with van der Waals surface area (Å²) < 4.78 is 28.7. The van der Waals surface area contributed by atoms with Crippen LogP contribution in [0, 0.1) is 0 Å². The van der Waals surface area contributed by atoms with Crippen LogP contribution in [0.15, 0.2) is 55.3 Å². The number of anilines is 1. The van der Waals surface area contributed by atoms with Crippen molar-refractivity contribution >= 4 is 38.4 Å². The fraction of sp³-hybridized carbons (Fsp3) is 0.125. The summed E-state index contributed by atoms with van der Waals surface area (Å²) in [5.41, 5.74) is -1.17. The summed E-state index contributed by atoms with van der Waals surface area (Å²) in [6, 6.07) is 5.58. The van der Waals surface area contributed by atoms with E-state index in [4.69, 9.17) is 0 Å². The van der Waals surface area contributed by atoms with Crippen LogP contribution in [0.4, 0.5) is 10.8 Å². The van der Waals surface area contributed by atoms with Gasteiger partial charge in [0.25, 0.3) is 15.6 Å². The van der Waals surface area contributed by atoms with Gasteiger partial charge >= 0.3 is 5.69 Å². The molecular formula is C16H15N5O5S2. The molecule has 0 spiro atoms. The number of aliphatic imine (C=N–C) groups is 1. The molecule has 10 nitrogen and oxygen atoms in total. The van der Waals surface area contributed by atoms with Gasteiger partial charge in [0.1, 0.15) is 5.56 Å². The first-order chi connectivity index (χ1) is 13.2. The van der Waals surface area contributed by atoms with Gasteiger partial charge in [0.2, 0.25) is 5.88 Å². The van der Waals surface area contributed by atoms with Crippen LogP contribution >= 0.6 is 11.3 Å². The van der Waals surface area contributed by atoms with Crippen LogP contribution in [0.5, 0.6) is 5.88 Å². The third-order valence-corrected chi connectivity index (χ3v) is 5.98. The minimum Gasteiger partial charge on any atom is -0.494 e. The van der Waals surface area contributed by atoms with Gasteiger partial charge in [0, 0.05) is 31.9 Å². The summed E-state index contributed by atoms with van der Waals surface area (Å²) in [5, 5.41) is 11.9. The summed E-state index contributed by atoms with van der Waals surface area (Å²) in [7, 11) is -1.17. The van der Waals surface area contributed by atoms with Crippen molar-refractivity contribution < 1.29 is 13.5 Å². The maximum Gasteiger partial charge on any atom is 0.333 e. The third kappa shape index (κ3) is 3.73. The van der Waals surface area contributed by atoms with Crippen molar-refractivity contribution in [3.05, 3.63) is 62.2 Å². The van der Waals surface area contributed by atoms with Crippen molar-refractivity contribution in [2.45, 2.75) is 4.90 Å². The lowest BCUT2D eigenvalue weighted by atomic mass is 10.3. The Morgan fingerprint density at radius 1 is 1.18 bits per heavy atom. The van der Waals surface area contributed by atoms with Gasteiger partial charge in [-0.15, -0.1) is 11.3 Å². The molecule has 0 saturated heterocycles. The highest BCUT2D eigenvalue weighted by Crippen LogP contribution is 2.21. The maximum absolute atomic E-state index is 12.3. The van der Waals surface area contributed by atoms with Crippen LogP contribution in [0.1, 0.15) is 5.56 Å². The number of aromatic nitrogens is 3. The monoisotopic (exact) mass is 421 g/mol. The summed E-state index contributed by atoms with van der Waals surface area (Å²) in [6.45, 7) is 0. The van der Waals surface area contributed by atoms with Crippen LogP contribution < -0.4 is 16.0 Å². The number of sulfonamides is 1. The number of nitrogens with one attached hydrogen (secondary N) is 1. The Morgan fingerprint density at radius 3 is 2.46 bits per heavy atom. The molecule has 146 valence electrons. The summed E-state index contributed by atoms with van der Waals surface area (Å²) >= 11 is 1.15. The van der Waals surface area contributed by atoms with Gasteiger partial charge in [-0.25, -0.2) is 18.2 Å². The fourth-order valence-corrected chi connectivity index (χ4v) is 4.06. The molecule has 0 bridgehead atoms. The molecule has 0 unspecified atom stereocenters. The zero-order valence-corrected chi connectivity index (χ0v) is 16.4. The van der Waals surface area contributed by atoms with Crippen molar-refractivity contribution in [2.24, 2.45) is 19.1 Å². The van der Waals surface area contributed by atoms with Crippen LogP contribution in [-0.2, 0) is 24.1 Å². The zero-order valence-electron chi connectivity index (χ0n) is 14.7. The molecule has 0 aliphatic rings. The average molecular weight is 421 g/mol. The summed E-state index contributed by atoms with van der Waals surface area (Å²) in [5.74, 6) is -0.510. The third-order valence-electron chi connectivity index (χ3n) is 3.81. The van der Waals surface area contributed by atoms with E-state index < -0.39 is 27.2 Å². The van der Waals surface area contributed by atoms with E-state index in [2.05, 4.69) is 14.7 Å². The second kappa shape index (κ2) is 7.40. The SMILES string of the molecule is Cn1c(O)c(C=Nc2ccc(S(=O)(=O)Nc3nccs3)cc2)c(=O)n(C)c1=O. The zero-order chi connectivity index (χ0) is 20.5. The Bertz CT molecular complexity index is 1260. The van der Waals surface area contributed by atoms with Gasteiger partial charge < -0.3 is 5.11 Å². The molecule has 0 aliphatic heterocycles. The standard InChI is InChI=1S/C16H15N5O5S2/c1-20-13(22)12(14(23)21(2)16(20)24)9-18-10-3-5-11(6-4-10)28(25,26)19-15-17-7-8-27-15/h3-9,22H,1-2H3,(H,17,19). The maximum atomic E-state index is 12.3. The van der Waals surface area contributed by atoms with Gasteiger partial charge in [-0.3, -0.25) is 23.6 Å². The van der Waals surface area contributed by atoms with E-state index in [-0.39, 0.29) is 15.6 Å². The molecule has 0 amide bonds. The van der Waals surface area contributed by atoms with Gasteiger partial charge in [0.05, 0.1) is 10.6 Å². The number of benzene rings is 1. The Morgan fingerprint density at radius 2 is 1.86 bits per heavy atom. The lowest BCUT2D eigenvalue weighted by Gasteiger charge is -2.07. The van der Waals surface area contributed by atoms with Crippen molar-refractivity contribution in [2.75, 3.05) is 4.72 Å². The van der Waals surface area contributed by atoms with Gasteiger partial charge in [-0.1, -0.05) is 0 Å². The second-order valence-corrected chi connectivity index (χ2v) is 8.21. The number of hydrogen-bond acceptors (Lipinski definition) is 8. The Kier molecular flexibility index (Phi) is 5.16. The first kappa shape index (κ1) is 19.5. The molecule has 0 radical (unpaired) electrons. The predicted molar refractivity (Wildman–Crippen MR) is 105 cm³/mol. The van der Waals surface area contributed by atoms with Crippen LogP contribution in [0.2, 0.25) is 0 Å². The van der Waals surface area contributed by atoms with E-state index >= 15 is 0 Å². The van der Waals surface area contributed by atoms with Crippen molar-refractivity contribution in [1.82, 2.24) is 14.1 Å². The van der Waals surface area contributed by atoms with Crippen LogP contribution in [-0.4, -0.2) is 33.9 Å². The van der Waals surface area contributed by atoms with E-state index in [1.165, 1.54) is 44.6 Å². The minimum absolute atomic E-state index is 0.0162. The molecule has 2 heterocycles. The number of hydrogen-bond donors (Lipinski definition) is 2. The molecule has 3 aromatic rings. The number of aromatic hydroxyl groups is 1. The van der Waals surface area contributed by atoms with Crippen LogP contribution in [0.25, 0.3) is 0 Å². The first-order valence-electron chi connectivity index (χ1n) is 7.76. The lowest BCUT2D eigenvalue weighted by Crippen LogP contribution is -2.38. The Hall–Kier alpha value is -3.25. The van der Waals surface area contributed by atoms with Gasteiger partial charge in [-0.05, 0) is 24.3 Å². The first-order valence-corrected chi connectivity index (χ1v) is 10.1. The van der Waals surface area contributed by atoms with E-state index in [0.29, 0.717) is 5.69 Å². The highest BCUT2D eigenvalue weighted by atomic mass is 32.2. The highest BCUT2D eigenvalue weighted by molar-refractivity contribution is 7.93. The minimum atomic E-state index is -3.78. The van der Waals surface area contributed by atoms with Crippen molar-refractivity contribution in [1.29, 1.82) is 0 Å². The molecule has 0 aliphatic carbocycles. The topological polar surface area (TPSA) is 136 Å². The van der Waals surface area contributed by atoms with Crippen LogP contribution in [0.3, 0.4) is 0 Å². The molecule has 0 atom stereocenters. The second-order valence-electron chi connectivity index (χ2n) is 5.64. The van der Waals surface area contributed by atoms with Gasteiger partial charge in [0.15, 0.2) is 5.13 Å². The van der Waals surface area contributed by atoms with E-state index in [1.807, 2.05) is 0 Å². The largest absolute Gasteiger partial charge is 0.494 e. The number of nitrogens with zero attached hydrogens (tertiary/aromatic N) is 4. The van der Waals surface area contributed by atoms with Gasteiger partial charge in [-0.2, -0.15) is 0 Å². The molecule has 1 aromatic carbocycles. The van der Waals surface area contributed by atoms with E-state index in [1.54, 1.807) is 5.38 Å². The lowest BCUT2D eigenvalue weighted by molar-refractivity contribution is 0.410. The quantitative estimate of drug-likeness (QED) is 0.585. The number of thiazole rings is 1. The number of rotatable bonds is 5. The van der Waals surface area contributed by atoms with Crippen molar-refractivity contribution in [3.63, 3.8) is 0 Å².